The van der Waals surface area contributed by atoms with Gasteiger partial charge in [-0.15, -0.1) is 0 Å². The van der Waals surface area contributed by atoms with E-state index in [-0.39, 0.29) is 43.1 Å². The van der Waals surface area contributed by atoms with Gasteiger partial charge < -0.3 is 19.0 Å². The lowest BCUT2D eigenvalue weighted by molar-refractivity contribution is -0.152. The van der Waals surface area contributed by atoms with Crippen LogP contribution in [0.1, 0.15) is 220 Å². The smallest absolute Gasteiger partial charge is 0.446 e. The first-order valence-corrected chi connectivity index (χ1v) is 28.5. The summed E-state index contributed by atoms with van der Waals surface area (Å²) in [4.78, 5) is 40.0. The molecule has 9 atom stereocenters. The molecule has 0 radical (unpaired) electrons. The first kappa shape index (κ1) is 55.0. The molecule has 3 fully saturated rings. The van der Waals surface area contributed by atoms with Crippen molar-refractivity contribution < 1.29 is 41.0 Å². The zero-order valence-corrected chi connectivity index (χ0v) is 43.4. The van der Waals surface area contributed by atoms with Crippen molar-refractivity contribution in [2.75, 3.05) is 6.61 Å². The highest BCUT2D eigenvalue weighted by molar-refractivity contribution is 7.81. The van der Waals surface area contributed by atoms with E-state index >= 15 is 0 Å². The average molecular weight is 954 g/mol. The molecule has 4 aliphatic rings. The number of amides is 1. The number of esters is 2. The zero-order chi connectivity index (χ0) is 48.5. The van der Waals surface area contributed by atoms with E-state index in [9.17, 15) is 22.8 Å². The number of nitrogens with one attached hydrogen (secondary N) is 1. The van der Waals surface area contributed by atoms with Crippen LogP contribution >= 0.6 is 0 Å². The fourth-order valence-electron chi connectivity index (χ4n) is 13.3. The predicted molar refractivity (Wildman–Crippen MR) is 268 cm³/mol. The third-order valence-electron chi connectivity index (χ3n) is 17.0. The Morgan fingerprint density at radius 3 is 2.04 bits per heavy atom. The van der Waals surface area contributed by atoms with Crippen LogP contribution in [-0.4, -0.2) is 49.6 Å². The maximum absolute atomic E-state index is 13.4. The Labute approximate surface area is 406 Å². The maximum atomic E-state index is 13.4. The molecule has 0 aliphatic heterocycles. The Morgan fingerprint density at radius 1 is 0.776 bits per heavy atom. The molecule has 67 heavy (non-hydrogen) atoms. The van der Waals surface area contributed by atoms with Crippen LogP contribution in [0.5, 0.6) is 5.75 Å². The fourth-order valence-corrected chi connectivity index (χ4v) is 13.6. The number of rotatable bonds is 30. The Kier molecular flexibility index (Phi) is 22.1. The summed E-state index contributed by atoms with van der Waals surface area (Å²) in [5.74, 6) is 3.10. The number of hydrogen-bond donors (Lipinski definition) is 2. The molecule has 0 aromatic heterocycles. The number of fused-ring (bicyclic) bond motifs is 5. The molecular weight excluding hydrogens is 863 g/mol. The summed E-state index contributed by atoms with van der Waals surface area (Å²) in [6.45, 7) is 14.8. The molecule has 0 spiro atoms. The van der Waals surface area contributed by atoms with E-state index in [0.717, 1.165) is 74.5 Å². The largest absolute Gasteiger partial charge is 0.464 e. The minimum atomic E-state index is -4.69. The van der Waals surface area contributed by atoms with Crippen molar-refractivity contribution in [1.29, 1.82) is 0 Å². The van der Waals surface area contributed by atoms with E-state index in [0.29, 0.717) is 16.9 Å². The van der Waals surface area contributed by atoms with E-state index < -0.39 is 34.3 Å². The van der Waals surface area contributed by atoms with Crippen LogP contribution in [0.4, 0.5) is 0 Å². The van der Waals surface area contributed by atoms with Gasteiger partial charge in [0.05, 0.1) is 13.0 Å². The maximum Gasteiger partial charge on any atom is 0.446 e. The number of carbonyl (C=O) groups is 3. The van der Waals surface area contributed by atoms with Crippen molar-refractivity contribution >= 4 is 28.2 Å². The van der Waals surface area contributed by atoms with Crippen LogP contribution in [0.25, 0.3) is 0 Å². The highest BCUT2D eigenvalue weighted by Gasteiger charge is 2.59. The molecule has 0 heterocycles. The highest BCUT2D eigenvalue weighted by Crippen LogP contribution is 2.67. The summed E-state index contributed by atoms with van der Waals surface area (Å²) in [5, 5.41) is 2.79. The molecule has 5 rings (SSSR count). The minimum absolute atomic E-state index is 0.0792. The van der Waals surface area contributed by atoms with Crippen molar-refractivity contribution in [3.05, 3.63) is 41.5 Å². The van der Waals surface area contributed by atoms with Crippen LogP contribution in [0, 0.1) is 46.3 Å². The van der Waals surface area contributed by atoms with Crippen molar-refractivity contribution in [3.8, 4) is 5.75 Å². The molecule has 1 amide bonds. The molecule has 4 aliphatic carbocycles. The van der Waals surface area contributed by atoms with Crippen LogP contribution in [0.3, 0.4) is 0 Å². The molecule has 3 saturated carbocycles. The number of unbranched alkanes of at least 4 members (excludes halogenated alkanes) is 13. The van der Waals surface area contributed by atoms with Crippen molar-refractivity contribution in [2.24, 2.45) is 46.3 Å². The Morgan fingerprint density at radius 2 is 1.42 bits per heavy atom. The molecule has 1 aromatic rings. The van der Waals surface area contributed by atoms with Crippen molar-refractivity contribution in [3.63, 3.8) is 0 Å². The van der Waals surface area contributed by atoms with E-state index in [1.165, 1.54) is 133 Å². The lowest BCUT2D eigenvalue weighted by Crippen LogP contribution is -2.51. The van der Waals surface area contributed by atoms with Gasteiger partial charge >= 0.3 is 22.3 Å². The Hall–Kier alpha value is -2.92. The summed E-state index contributed by atoms with van der Waals surface area (Å²) in [7, 11) is -4.69. The molecule has 380 valence electrons. The van der Waals surface area contributed by atoms with Gasteiger partial charge in [0.2, 0.25) is 5.91 Å². The summed E-state index contributed by atoms with van der Waals surface area (Å²) in [6, 6.07) is 4.81. The van der Waals surface area contributed by atoms with Crippen LogP contribution in [-0.2, 0) is 40.7 Å². The zero-order valence-electron chi connectivity index (χ0n) is 42.6. The Balaban J connectivity index is 1.06. The summed E-state index contributed by atoms with van der Waals surface area (Å²) in [6.07, 6.45) is 32.5. The van der Waals surface area contributed by atoms with Crippen LogP contribution in [0.15, 0.2) is 35.9 Å². The summed E-state index contributed by atoms with van der Waals surface area (Å²) in [5.41, 5.74) is 2.67. The number of hydrogen-bond acceptors (Lipinski definition) is 8. The summed E-state index contributed by atoms with van der Waals surface area (Å²) < 4.78 is 47.6. The van der Waals surface area contributed by atoms with Gasteiger partial charge in [-0.25, -0.2) is 4.79 Å². The quantitative estimate of drug-likeness (QED) is 0.0333. The molecule has 11 heteroatoms. The predicted octanol–water partition coefficient (Wildman–Crippen LogP) is 13.7. The van der Waals surface area contributed by atoms with Gasteiger partial charge in [-0.3, -0.25) is 14.1 Å². The van der Waals surface area contributed by atoms with Crippen LogP contribution < -0.4 is 9.50 Å². The Bertz CT molecular complexity index is 1830. The number of benzene rings is 1. The second-order valence-electron chi connectivity index (χ2n) is 22.4. The lowest BCUT2D eigenvalue weighted by Gasteiger charge is -2.58. The van der Waals surface area contributed by atoms with E-state index in [1.54, 1.807) is 12.1 Å². The van der Waals surface area contributed by atoms with Gasteiger partial charge in [-0.1, -0.05) is 168 Å². The summed E-state index contributed by atoms with van der Waals surface area (Å²) >= 11 is 0. The van der Waals surface area contributed by atoms with Crippen molar-refractivity contribution in [1.82, 2.24) is 5.32 Å². The average Bonchev–Trinajstić information content (AvgIpc) is 3.64. The number of carbonyl (C=O) groups excluding carboxylic acids is 3. The SMILES string of the molecule is CCCCCCCCCCCCCCCCOC(=O)[C@@H](Cc1ccc(OS(=O)(=O)O)cc1)NC(=O)CCC(=O)O[C@H]1CC[C@@]2(C)C(=CC[C@H]3[C@@H]4CC[C@H]([C@H](C)CCCC(C)C)[C@@]4(C)CC[C@@H]32)C1. The second kappa shape index (κ2) is 26.9. The lowest BCUT2D eigenvalue weighted by atomic mass is 9.47. The van der Waals surface area contributed by atoms with E-state index in [2.05, 4.69) is 57.1 Å². The topological polar surface area (TPSA) is 145 Å². The molecule has 2 N–H and O–H groups in total. The number of ether oxygens (including phenoxy) is 2. The standard InChI is InChI=1S/C56H91NO9S/c1-7-8-9-10-11-12-13-14-15-16-17-18-19-20-38-64-54(60)51(39-43-24-27-45(28-25-43)66-67(61,62)63)57-52(58)32-33-53(59)65-46-34-36-55(5)44(40-46)26-29-47-49-31-30-48(42(4)23-21-22-41(2)3)56(49,6)37-35-50(47)55/h24-28,41-42,46-51H,7-23,29-40H2,1-6H3,(H,57,58)(H,61,62,63)/t42-,46+,47+,48-,49+,50+,51-,55+,56-/m1/s1. The van der Waals surface area contributed by atoms with Gasteiger partial charge in [0.1, 0.15) is 17.9 Å². The molecule has 10 nitrogen and oxygen atoms in total. The number of allylic oxidation sites excluding steroid dienone is 1. The van der Waals surface area contributed by atoms with Gasteiger partial charge in [0, 0.05) is 19.3 Å². The van der Waals surface area contributed by atoms with Gasteiger partial charge in [0.15, 0.2) is 0 Å². The van der Waals surface area contributed by atoms with E-state index in [4.69, 9.17) is 14.0 Å². The van der Waals surface area contributed by atoms with E-state index in [1.807, 2.05) is 0 Å². The monoisotopic (exact) mass is 954 g/mol. The minimum Gasteiger partial charge on any atom is -0.464 e. The molecule has 0 unspecified atom stereocenters. The van der Waals surface area contributed by atoms with Gasteiger partial charge in [-0.2, -0.15) is 8.42 Å². The highest BCUT2D eigenvalue weighted by atomic mass is 32.3. The molecule has 0 saturated heterocycles. The third kappa shape index (κ3) is 16.9. The molecule has 0 bridgehead atoms. The first-order chi connectivity index (χ1) is 32.0. The van der Waals surface area contributed by atoms with Gasteiger partial charge in [-0.05, 0) is 115 Å². The normalized spacial score (nSPS) is 26.7. The molecule has 1 aromatic carbocycles. The first-order valence-electron chi connectivity index (χ1n) is 27.1. The van der Waals surface area contributed by atoms with Crippen molar-refractivity contribution in [2.45, 2.75) is 233 Å². The third-order valence-corrected chi connectivity index (χ3v) is 17.4. The van der Waals surface area contributed by atoms with Crippen LogP contribution in [0.2, 0.25) is 0 Å². The van der Waals surface area contributed by atoms with Gasteiger partial charge in [0.25, 0.3) is 0 Å². The molecular formula is C56H91NO9S. The fraction of sp³-hybridized carbons (Fsp3) is 0.804. The second-order valence-corrected chi connectivity index (χ2v) is 23.4.